The summed E-state index contributed by atoms with van der Waals surface area (Å²) in [5.41, 5.74) is 1.68. The Morgan fingerprint density at radius 2 is 1.94 bits per heavy atom. The summed E-state index contributed by atoms with van der Waals surface area (Å²) in [6.45, 7) is 3.73. The van der Waals surface area contributed by atoms with Crippen LogP contribution in [0.1, 0.15) is 47.8 Å². The Morgan fingerprint density at radius 3 is 2.48 bits per heavy atom. The smallest absolute Gasteiger partial charge is 0.332 e. The van der Waals surface area contributed by atoms with Crippen molar-refractivity contribution in [2.24, 2.45) is 0 Å². The molecule has 1 N–H and O–H groups in total. The number of hydrogen-bond donors (Lipinski definition) is 1. The number of nitrogens with zero attached hydrogens (tertiary/aromatic N) is 2. The van der Waals surface area contributed by atoms with Crippen LogP contribution >= 0.6 is 22.9 Å². The van der Waals surface area contributed by atoms with Gasteiger partial charge in [0.2, 0.25) is 6.34 Å². The zero-order valence-electron chi connectivity index (χ0n) is 18.8. The van der Waals surface area contributed by atoms with Crippen molar-refractivity contribution >= 4 is 55.0 Å². The predicted octanol–water partition coefficient (Wildman–Crippen LogP) is 2.83. The predicted molar refractivity (Wildman–Crippen MR) is 130 cm³/mol. The SMILES string of the molecule is CCN(C(=O)c1ccc(CCl)cc1)C1CC(C)S(=O)(=O)c2sc(S(=O)(=O)NC=[N+](C)C)cc21. The Morgan fingerprint density at radius 1 is 1.30 bits per heavy atom. The van der Waals surface area contributed by atoms with Crippen LogP contribution in [0.15, 0.2) is 38.8 Å². The Labute approximate surface area is 203 Å². The number of rotatable bonds is 7. The van der Waals surface area contributed by atoms with Gasteiger partial charge in [0, 0.05) is 23.6 Å². The van der Waals surface area contributed by atoms with Crippen LogP contribution in [0.3, 0.4) is 0 Å². The minimum Gasteiger partial charge on any atom is -0.332 e. The largest absolute Gasteiger partial charge is 0.337 e. The van der Waals surface area contributed by atoms with Crippen molar-refractivity contribution in [3.05, 3.63) is 47.0 Å². The number of hydrogen-bond acceptors (Lipinski definition) is 6. The normalized spacial score (nSPS) is 19.4. The van der Waals surface area contributed by atoms with Crippen molar-refractivity contribution in [2.75, 3.05) is 20.6 Å². The summed E-state index contributed by atoms with van der Waals surface area (Å²) >= 11 is 6.56. The maximum atomic E-state index is 13.3. The van der Waals surface area contributed by atoms with E-state index in [2.05, 4.69) is 4.72 Å². The van der Waals surface area contributed by atoms with E-state index in [1.54, 1.807) is 50.2 Å². The number of fused-ring (bicyclic) bond motifs is 1. The molecule has 0 fully saturated rings. The van der Waals surface area contributed by atoms with E-state index in [-0.39, 0.29) is 20.7 Å². The van der Waals surface area contributed by atoms with E-state index in [1.165, 1.54) is 17.0 Å². The van der Waals surface area contributed by atoms with Gasteiger partial charge in [0.25, 0.3) is 5.91 Å². The highest BCUT2D eigenvalue weighted by Gasteiger charge is 2.43. The van der Waals surface area contributed by atoms with Gasteiger partial charge in [0.1, 0.15) is 4.21 Å². The van der Waals surface area contributed by atoms with E-state index in [4.69, 9.17) is 11.6 Å². The van der Waals surface area contributed by atoms with Gasteiger partial charge in [0.05, 0.1) is 25.4 Å². The molecule has 2 aromatic rings. The van der Waals surface area contributed by atoms with Crippen molar-refractivity contribution < 1.29 is 26.2 Å². The average Bonchev–Trinajstić information content (AvgIpc) is 3.24. The van der Waals surface area contributed by atoms with E-state index in [9.17, 15) is 21.6 Å². The number of alkyl halides is 1. The Kier molecular flexibility index (Phi) is 7.57. The molecule has 2 unspecified atom stereocenters. The maximum absolute atomic E-state index is 13.3. The van der Waals surface area contributed by atoms with E-state index in [1.807, 2.05) is 6.92 Å². The van der Waals surface area contributed by atoms with Crippen molar-refractivity contribution in [1.82, 2.24) is 9.62 Å². The lowest BCUT2D eigenvalue weighted by Gasteiger charge is -2.36. The minimum atomic E-state index is -3.96. The van der Waals surface area contributed by atoms with Crippen LogP contribution in [0.2, 0.25) is 0 Å². The van der Waals surface area contributed by atoms with Gasteiger partial charge in [-0.05, 0) is 44.0 Å². The van der Waals surface area contributed by atoms with E-state index in [0.29, 0.717) is 23.6 Å². The lowest BCUT2D eigenvalue weighted by molar-refractivity contribution is -0.460. The minimum absolute atomic E-state index is 0.000200. The standard InChI is InChI=1S/C21H26ClN3O5S3/c1-5-25(20(26)16-8-6-15(12-22)7-9-16)18-10-14(2)32(27,28)21-17(18)11-19(31-21)33(29,30)23-13-24(3)4/h6-9,11,13-14,18H,5,10,12H2,1-4H3/p+1. The monoisotopic (exact) mass is 532 g/mol. The number of amides is 1. The summed E-state index contributed by atoms with van der Waals surface area (Å²) in [4.78, 5) is 14.9. The van der Waals surface area contributed by atoms with Crippen LogP contribution < -0.4 is 4.72 Å². The summed E-state index contributed by atoms with van der Waals surface area (Å²) < 4.78 is 55.4. The first kappa shape index (κ1) is 25.7. The third-order valence-corrected chi connectivity index (χ3v) is 11.4. The molecule has 1 aromatic heterocycles. The highest BCUT2D eigenvalue weighted by atomic mass is 35.5. The molecule has 33 heavy (non-hydrogen) atoms. The first-order valence-corrected chi connectivity index (χ1v) is 14.7. The van der Waals surface area contributed by atoms with Gasteiger partial charge >= 0.3 is 10.0 Å². The highest BCUT2D eigenvalue weighted by molar-refractivity contribution is 7.95. The first-order chi connectivity index (χ1) is 15.4. The first-order valence-electron chi connectivity index (χ1n) is 10.3. The second-order valence-corrected chi connectivity index (χ2v) is 13.9. The van der Waals surface area contributed by atoms with Crippen molar-refractivity contribution in [3.63, 3.8) is 0 Å². The number of thiophene rings is 1. The van der Waals surface area contributed by atoms with Gasteiger partial charge in [-0.2, -0.15) is 13.1 Å². The zero-order valence-corrected chi connectivity index (χ0v) is 22.0. The molecular formula is C21H27ClN3O5S3+. The van der Waals surface area contributed by atoms with Crippen LogP contribution in [0, 0.1) is 0 Å². The van der Waals surface area contributed by atoms with Gasteiger partial charge in [-0.1, -0.05) is 12.1 Å². The fourth-order valence-corrected chi connectivity index (χ4v) is 8.79. The quantitative estimate of drug-likeness (QED) is 0.255. The number of sulfonamides is 1. The van der Waals surface area contributed by atoms with Crippen LogP contribution in [0.4, 0.5) is 0 Å². The topological polar surface area (TPSA) is 104 Å². The molecular weight excluding hydrogens is 506 g/mol. The molecule has 0 saturated heterocycles. The van der Waals surface area contributed by atoms with Gasteiger partial charge in [-0.3, -0.25) is 9.37 Å². The molecule has 1 aliphatic heterocycles. The van der Waals surface area contributed by atoms with Crippen LogP contribution in [0.5, 0.6) is 0 Å². The Hall–Kier alpha value is -1.95. The van der Waals surface area contributed by atoms with Gasteiger partial charge in [-0.25, -0.2) is 8.42 Å². The van der Waals surface area contributed by atoms with Crippen molar-refractivity contribution in [2.45, 2.75) is 45.9 Å². The van der Waals surface area contributed by atoms with Gasteiger partial charge in [-0.15, -0.1) is 22.9 Å². The van der Waals surface area contributed by atoms with Crippen LogP contribution in [-0.4, -0.2) is 64.4 Å². The molecule has 1 aliphatic rings. The third kappa shape index (κ3) is 5.11. The molecule has 1 aromatic carbocycles. The summed E-state index contributed by atoms with van der Waals surface area (Å²) in [6.07, 6.45) is 1.46. The number of halogens is 1. The van der Waals surface area contributed by atoms with E-state index >= 15 is 0 Å². The number of benzene rings is 1. The molecule has 0 aliphatic carbocycles. The lowest BCUT2D eigenvalue weighted by Crippen LogP contribution is -2.40. The fraction of sp³-hybridized carbons (Fsp3) is 0.429. The average molecular weight is 533 g/mol. The summed E-state index contributed by atoms with van der Waals surface area (Å²) in [6, 6.07) is 7.74. The number of nitrogens with one attached hydrogen (secondary N) is 1. The van der Waals surface area contributed by atoms with Crippen LogP contribution in [-0.2, 0) is 25.7 Å². The highest BCUT2D eigenvalue weighted by Crippen LogP contribution is 2.45. The fourth-order valence-electron chi connectivity index (χ4n) is 3.64. The van der Waals surface area contributed by atoms with Crippen molar-refractivity contribution in [3.8, 4) is 0 Å². The molecule has 2 heterocycles. The molecule has 8 nitrogen and oxygen atoms in total. The van der Waals surface area contributed by atoms with Gasteiger partial charge in [0.15, 0.2) is 14.0 Å². The molecule has 3 rings (SSSR count). The second-order valence-electron chi connectivity index (χ2n) is 8.05. The Bertz CT molecular complexity index is 1280. The Balaban J connectivity index is 2.07. The van der Waals surface area contributed by atoms with E-state index in [0.717, 1.165) is 16.9 Å². The number of carbonyl (C=O) groups excluding carboxylic acids is 1. The maximum Gasteiger partial charge on any atom is 0.337 e. The molecule has 0 spiro atoms. The van der Waals surface area contributed by atoms with Gasteiger partial charge < -0.3 is 4.90 Å². The summed E-state index contributed by atoms with van der Waals surface area (Å²) in [5, 5.41) is -0.758. The van der Waals surface area contributed by atoms with E-state index < -0.39 is 31.2 Å². The molecule has 2 atom stereocenters. The molecule has 0 saturated carbocycles. The number of sulfone groups is 1. The molecule has 0 bridgehead atoms. The zero-order chi connectivity index (χ0) is 24.6. The molecule has 180 valence electrons. The van der Waals surface area contributed by atoms with Crippen LogP contribution in [0.25, 0.3) is 0 Å². The second kappa shape index (κ2) is 9.73. The molecule has 12 heteroatoms. The summed E-state index contributed by atoms with van der Waals surface area (Å²) in [5.74, 6) is 0.0782. The summed E-state index contributed by atoms with van der Waals surface area (Å²) in [7, 11) is -4.35. The third-order valence-electron chi connectivity index (χ3n) is 5.47. The molecule has 0 radical (unpaired) electrons. The molecule has 1 amide bonds. The van der Waals surface area contributed by atoms with Crippen molar-refractivity contribution in [1.29, 1.82) is 0 Å². The lowest BCUT2D eigenvalue weighted by atomic mass is 10.0. The number of carbonyl (C=O) groups is 1.